The molecular weight excluding hydrogens is 324 g/mol. The van der Waals surface area contributed by atoms with Crippen molar-refractivity contribution < 1.29 is 12.9 Å². The molecule has 0 fully saturated rings. The van der Waals surface area contributed by atoms with E-state index in [0.717, 1.165) is 11.1 Å². The van der Waals surface area contributed by atoms with Gasteiger partial charge in [-0.3, -0.25) is 0 Å². The van der Waals surface area contributed by atoms with Crippen LogP contribution in [0.4, 0.5) is 0 Å². The summed E-state index contributed by atoms with van der Waals surface area (Å²) in [6, 6.07) is 18.4. The maximum absolute atomic E-state index is 12.3. The zero-order valence-corrected chi connectivity index (χ0v) is 14.1. The Balaban J connectivity index is 1.63. The van der Waals surface area contributed by atoms with Crippen molar-refractivity contribution in [2.45, 2.75) is 18.2 Å². The van der Waals surface area contributed by atoms with Gasteiger partial charge in [0.2, 0.25) is 10.0 Å². The van der Waals surface area contributed by atoms with Gasteiger partial charge in [-0.25, -0.2) is 13.1 Å². The molecule has 24 heavy (non-hydrogen) atoms. The Morgan fingerprint density at radius 1 is 1.04 bits per heavy atom. The first-order valence-electron chi connectivity index (χ1n) is 7.62. The molecule has 124 valence electrons. The van der Waals surface area contributed by atoms with Gasteiger partial charge in [0.15, 0.2) is 5.76 Å². The van der Waals surface area contributed by atoms with Gasteiger partial charge >= 0.3 is 0 Å². The van der Waals surface area contributed by atoms with E-state index in [-0.39, 0.29) is 6.54 Å². The molecule has 1 N–H and O–H groups in total. The topological polar surface area (TPSA) is 72.2 Å². The van der Waals surface area contributed by atoms with Gasteiger partial charge in [0.05, 0.1) is 10.6 Å². The highest BCUT2D eigenvalue weighted by Gasteiger charge is 2.16. The molecule has 1 aromatic heterocycles. The van der Waals surface area contributed by atoms with Gasteiger partial charge in [0, 0.05) is 24.6 Å². The molecule has 0 radical (unpaired) electrons. The number of aromatic nitrogens is 1. The van der Waals surface area contributed by atoms with E-state index < -0.39 is 10.0 Å². The van der Waals surface area contributed by atoms with Crippen LogP contribution in [0.5, 0.6) is 0 Å². The second-order valence-electron chi connectivity index (χ2n) is 5.46. The lowest BCUT2D eigenvalue weighted by Crippen LogP contribution is -2.26. The standard InChI is InChI=1S/C18H18N2O3S/c1-14-7-5-6-10-18(14)24(21,22)19-12-11-16-13-17(23-20-16)15-8-3-2-4-9-15/h2-10,13,19H,11-12H2,1H3. The zero-order valence-electron chi connectivity index (χ0n) is 13.3. The quantitative estimate of drug-likeness (QED) is 0.747. The molecule has 0 unspecified atom stereocenters. The molecular formula is C18H18N2O3S. The van der Waals surface area contributed by atoms with Crippen molar-refractivity contribution in [3.63, 3.8) is 0 Å². The molecule has 0 bridgehead atoms. The lowest BCUT2D eigenvalue weighted by atomic mass is 10.1. The Kier molecular flexibility index (Phi) is 4.78. The Morgan fingerprint density at radius 2 is 1.75 bits per heavy atom. The SMILES string of the molecule is Cc1ccccc1S(=O)(=O)NCCc1cc(-c2ccccc2)on1. The molecule has 3 aromatic rings. The van der Waals surface area contributed by atoms with E-state index in [0.29, 0.717) is 22.8 Å². The third-order valence-electron chi connectivity index (χ3n) is 3.67. The molecule has 0 saturated heterocycles. The first kappa shape index (κ1) is 16.4. The van der Waals surface area contributed by atoms with E-state index >= 15 is 0 Å². The van der Waals surface area contributed by atoms with E-state index in [2.05, 4.69) is 9.88 Å². The smallest absolute Gasteiger partial charge is 0.240 e. The van der Waals surface area contributed by atoms with Gasteiger partial charge in [-0.05, 0) is 18.6 Å². The highest BCUT2D eigenvalue weighted by Crippen LogP contribution is 2.20. The van der Waals surface area contributed by atoms with Crippen LogP contribution in [0.15, 0.2) is 70.1 Å². The molecule has 0 aliphatic carbocycles. The third-order valence-corrected chi connectivity index (χ3v) is 5.29. The maximum Gasteiger partial charge on any atom is 0.240 e. The summed E-state index contributed by atoms with van der Waals surface area (Å²) in [5.74, 6) is 0.673. The van der Waals surface area contributed by atoms with Crippen molar-refractivity contribution in [3.05, 3.63) is 71.9 Å². The van der Waals surface area contributed by atoms with Gasteiger partial charge in [0.1, 0.15) is 0 Å². The number of nitrogens with one attached hydrogen (secondary N) is 1. The summed E-state index contributed by atoms with van der Waals surface area (Å²) in [5, 5.41) is 3.99. The molecule has 0 aliphatic rings. The number of sulfonamides is 1. The van der Waals surface area contributed by atoms with E-state index in [1.165, 1.54) is 0 Å². The summed E-state index contributed by atoms with van der Waals surface area (Å²) in [6.45, 7) is 2.04. The van der Waals surface area contributed by atoms with Crippen molar-refractivity contribution in [2.75, 3.05) is 6.54 Å². The van der Waals surface area contributed by atoms with E-state index in [4.69, 9.17) is 4.52 Å². The second kappa shape index (κ2) is 6.98. The van der Waals surface area contributed by atoms with Gasteiger partial charge in [-0.1, -0.05) is 53.7 Å². The Bertz CT molecular complexity index is 918. The molecule has 0 saturated carbocycles. The van der Waals surface area contributed by atoms with Crippen molar-refractivity contribution in [3.8, 4) is 11.3 Å². The van der Waals surface area contributed by atoms with Crippen molar-refractivity contribution in [2.24, 2.45) is 0 Å². The number of nitrogens with zero attached hydrogens (tertiary/aromatic N) is 1. The second-order valence-corrected chi connectivity index (χ2v) is 7.20. The number of aryl methyl sites for hydroxylation is 1. The monoisotopic (exact) mass is 342 g/mol. The van der Waals surface area contributed by atoms with E-state index in [9.17, 15) is 8.42 Å². The zero-order chi connectivity index (χ0) is 17.0. The molecule has 2 aromatic carbocycles. The van der Waals surface area contributed by atoms with Crippen LogP contribution in [0.3, 0.4) is 0 Å². The van der Waals surface area contributed by atoms with Crippen LogP contribution in [0, 0.1) is 6.92 Å². The fraction of sp³-hybridized carbons (Fsp3) is 0.167. The normalized spacial score (nSPS) is 11.5. The summed E-state index contributed by atoms with van der Waals surface area (Å²) < 4.78 is 32.5. The summed E-state index contributed by atoms with van der Waals surface area (Å²) in [5.41, 5.74) is 2.37. The van der Waals surface area contributed by atoms with E-state index in [1.807, 2.05) is 42.5 Å². The number of rotatable bonds is 6. The fourth-order valence-electron chi connectivity index (χ4n) is 2.42. The summed E-state index contributed by atoms with van der Waals surface area (Å²) in [7, 11) is -3.51. The molecule has 0 amide bonds. The van der Waals surface area contributed by atoms with Crippen LogP contribution in [-0.4, -0.2) is 20.1 Å². The molecule has 6 heteroatoms. The molecule has 0 atom stereocenters. The highest BCUT2D eigenvalue weighted by molar-refractivity contribution is 7.89. The van der Waals surface area contributed by atoms with Gasteiger partial charge in [-0.2, -0.15) is 0 Å². The van der Waals surface area contributed by atoms with Crippen molar-refractivity contribution in [1.82, 2.24) is 9.88 Å². The largest absolute Gasteiger partial charge is 0.356 e. The molecule has 0 spiro atoms. The minimum atomic E-state index is -3.51. The summed E-state index contributed by atoms with van der Waals surface area (Å²) in [6.07, 6.45) is 0.460. The Morgan fingerprint density at radius 3 is 2.50 bits per heavy atom. The lowest BCUT2D eigenvalue weighted by molar-refractivity contribution is 0.423. The number of benzene rings is 2. The van der Waals surface area contributed by atoms with Gasteiger partial charge in [0.25, 0.3) is 0 Å². The number of hydrogen-bond donors (Lipinski definition) is 1. The molecule has 1 heterocycles. The van der Waals surface area contributed by atoms with Crippen LogP contribution >= 0.6 is 0 Å². The predicted molar refractivity (Wildman–Crippen MR) is 92.0 cm³/mol. The lowest BCUT2D eigenvalue weighted by Gasteiger charge is -2.08. The first-order valence-corrected chi connectivity index (χ1v) is 9.11. The Labute approximate surface area is 141 Å². The van der Waals surface area contributed by atoms with Crippen molar-refractivity contribution in [1.29, 1.82) is 0 Å². The van der Waals surface area contributed by atoms with Crippen LogP contribution < -0.4 is 4.72 Å². The van der Waals surface area contributed by atoms with Gasteiger partial charge in [-0.15, -0.1) is 0 Å². The fourth-order valence-corrected chi connectivity index (χ4v) is 3.69. The number of hydrogen-bond acceptors (Lipinski definition) is 4. The maximum atomic E-state index is 12.3. The molecule has 0 aliphatic heterocycles. The van der Waals surface area contributed by atoms with Crippen LogP contribution in [0.25, 0.3) is 11.3 Å². The van der Waals surface area contributed by atoms with E-state index in [1.54, 1.807) is 25.1 Å². The Hall–Kier alpha value is -2.44. The third kappa shape index (κ3) is 3.72. The summed E-state index contributed by atoms with van der Waals surface area (Å²) >= 11 is 0. The minimum absolute atomic E-state index is 0.261. The van der Waals surface area contributed by atoms with Crippen LogP contribution in [0.1, 0.15) is 11.3 Å². The average molecular weight is 342 g/mol. The minimum Gasteiger partial charge on any atom is -0.356 e. The molecule has 3 rings (SSSR count). The molecule has 5 nitrogen and oxygen atoms in total. The van der Waals surface area contributed by atoms with Crippen LogP contribution in [-0.2, 0) is 16.4 Å². The predicted octanol–water partition coefficient (Wildman–Crippen LogP) is 3.17. The highest BCUT2D eigenvalue weighted by atomic mass is 32.2. The average Bonchev–Trinajstić information content (AvgIpc) is 3.05. The summed E-state index contributed by atoms with van der Waals surface area (Å²) in [4.78, 5) is 0.301. The van der Waals surface area contributed by atoms with Crippen molar-refractivity contribution >= 4 is 10.0 Å². The van der Waals surface area contributed by atoms with Crippen LogP contribution in [0.2, 0.25) is 0 Å². The van der Waals surface area contributed by atoms with Gasteiger partial charge < -0.3 is 4.52 Å². The first-order chi connectivity index (χ1) is 11.6.